The molecule has 0 aliphatic rings. The van der Waals surface area contributed by atoms with Crippen molar-refractivity contribution in [2.75, 3.05) is 5.73 Å². The van der Waals surface area contributed by atoms with E-state index in [0.29, 0.717) is 5.82 Å². The van der Waals surface area contributed by atoms with Crippen LogP contribution in [0.4, 0.5) is 5.82 Å². The maximum atomic E-state index is 6.00. The van der Waals surface area contributed by atoms with Gasteiger partial charge >= 0.3 is 0 Å². The Morgan fingerprint density at radius 3 is 2.50 bits per heavy atom. The molecule has 3 aromatic rings. The van der Waals surface area contributed by atoms with Gasteiger partial charge in [-0.1, -0.05) is 43.3 Å². The molecule has 3 rings (SSSR count). The van der Waals surface area contributed by atoms with E-state index in [2.05, 4.69) is 40.3 Å². The summed E-state index contributed by atoms with van der Waals surface area (Å²) < 4.78 is 0. The summed E-state index contributed by atoms with van der Waals surface area (Å²) in [5.74, 6) is 1.36. The van der Waals surface area contributed by atoms with Crippen LogP contribution < -0.4 is 5.73 Å². The molecule has 100 valence electrons. The van der Waals surface area contributed by atoms with Crippen LogP contribution >= 0.6 is 0 Å². The molecule has 0 aliphatic carbocycles. The van der Waals surface area contributed by atoms with Crippen molar-refractivity contribution < 1.29 is 0 Å². The van der Waals surface area contributed by atoms with Crippen molar-refractivity contribution in [1.29, 1.82) is 0 Å². The van der Waals surface area contributed by atoms with Gasteiger partial charge in [-0.3, -0.25) is 0 Å². The number of nitrogens with zero attached hydrogens (tertiary/aromatic N) is 2. The lowest BCUT2D eigenvalue weighted by molar-refractivity contribution is 0.940. The third kappa shape index (κ3) is 2.11. The largest absolute Gasteiger partial charge is 0.383 e. The van der Waals surface area contributed by atoms with Crippen molar-refractivity contribution in [3.05, 3.63) is 53.9 Å². The molecule has 1 aromatic heterocycles. The summed E-state index contributed by atoms with van der Waals surface area (Å²) in [6, 6.07) is 14.7. The van der Waals surface area contributed by atoms with Gasteiger partial charge in [-0.25, -0.2) is 9.97 Å². The van der Waals surface area contributed by atoms with Gasteiger partial charge in [0.15, 0.2) is 0 Å². The van der Waals surface area contributed by atoms with Crippen molar-refractivity contribution in [3.63, 3.8) is 0 Å². The number of hydrogen-bond donors (Lipinski definition) is 1. The van der Waals surface area contributed by atoms with Gasteiger partial charge in [0.25, 0.3) is 0 Å². The van der Waals surface area contributed by atoms with E-state index in [-0.39, 0.29) is 0 Å². The lowest BCUT2D eigenvalue weighted by atomic mass is 10.0. The summed E-state index contributed by atoms with van der Waals surface area (Å²) in [5.41, 5.74) is 8.96. The molecule has 20 heavy (non-hydrogen) atoms. The monoisotopic (exact) mass is 263 g/mol. The van der Waals surface area contributed by atoms with E-state index in [0.717, 1.165) is 29.1 Å². The summed E-state index contributed by atoms with van der Waals surface area (Å²) in [5, 5.41) is 2.44. The molecule has 2 N–H and O–H groups in total. The summed E-state index contributed by atoms with van der Waals surface area (Å²) in [6.45, 7) is 4.01. The van der Waals surface area contributed by atoms with Crippen molar-refractivity contribution in [2.45, 2.75) is 20.3 Å². The number of aryl methyl sites for hydroxylation is 1. The Bertz CT molecular complexity index is 778. The molecule has 3 heteroatoms. The molecule has 0 saturated carbocycles. The fourth-order valence-electron chi connectivity index (χ4n) is 2.36. The van der Waals surface area contributed by atoms with Crippen molar-refractivity contribution in [2.24, 2.45) is 0 Å². The number of nitrogens with two attached hydrogens (primary N) is 1. The van der Waals surface area contributed by atoms with E-state index in [1.807, 2.05) is 26.0 Å². The second-order valence-electron chi connectivity index (χ2n) is 4.91. The summed E-state index contributed by atoms with van der Waals surface area (Å²) in [4.78, 5) is 8.94. The Labute approximate surface area is 118 Å². The summed E-state index contributed by atoms with van der Waals surface area (Å²) in [6.07, 6.45) is 0.783. The minimum Gasteiger partial charge on any atom is -0.383 e. The zero-order valence-electron chi connectivity index (χ0n) is 11.7. The first-order valence-corrected chi connectivity index (χ1v) is 6.81. The molecule has 3 nitrogen and oxygen atoms in total. The molecule has 0 aliphatic heterocycles. The van der Waals surface area contributed by atoms with Gasteiger partial charge in [-0.2, -0.15) is 0 Å². The molecule has 0 saturated heterocycles. The lowest BCUT2D eigenvalue weighted by Gasteiger charge is -2.10. The number of rotatable bonds is 2. The van der Waals surface area contributed by atoms with Crippen molar-refractivity contribution >= 4 is 16.6 Å². The van der Waals surface area contributed by atoms with E-state index in [4.69, 9.17) is 5.73 Å². The predicted molar refractivity (Wildman–Crippen MR) is 83.5 cm³/mol. The van der Waals surface area contributed by atoms with E-state index >= 15 is 0 Å². The van der Waals surface area contributed by atoms with Gasteiger partial charge in [0.1, 0.15) is 11.6 Å². The second kappa shape index (κ2) is 4.93. The molecular weight excluding hydrogens is 246 g/mol. The second-order valence-corrected chi connectivity index (χ2v) is 4.91. The Kier molecular flexibility index (Phi) is 3.11. The van der Waals surface area contributed by atoms with Crippen LogP contribution in [0.2, 0.25) is 0 Å². The first-order chi connectivity index (χ1) is 9.69. The highest BCUT2D eigenvalue weighted by Gasteiger charge is 2.10. The Balaban J connectivity index is 2.22. The third-order valence-corrected chi connectivity index (χ3v) is 3.57. The number of fused-ring (bicyclic) bond motifs is 1. The molecule has 0 atom stereocenters. The Hall–Kier alpha value is -2.42. The van der Waals surface area contributed by atoms with E-state index in [1.54, 1.807) is 0 Å². The SMILES string of the molecule is CCc1nc(N)c(C)c(-c2ccc3ccccc3c2)n1. The Morgan fingerprint density at radius 1 is 1.00 bits per heavy atom. The normalized spacial score (nSPS) is 10.9. The van der Waals surface area contributed by atoms with E-state index < -0.39 is 0 Å². The molecule has 1 heterocycles. The number of aromatic nitrogens is 2. The molecular formula is C17H17N3. The highest BCUT2D eigenvalue weighted by Crippen LogP contribution is 2.27. The molecule has 0 spiro atoms. The van der Waals surface area contributed by atoms with Gasteiger partial charge in [0.05, 0.1) is 5.69 Å². The van der Waals surface area contributed by atoms with Gasteiger partial charge in [-0.05, 0) is 23.8 Å². The van der Waals surface area contributed by atoms with Crippen LogP contribution in [-0.4, -0.2) is 9.97 Å². The lowest BCUT2D eigenvalue weighted by Crippen LogP contribution is -2.04. The first-order valence-electron chi connectivity index (χ1n) is 6.81. The number of hydrogen-bond acceptors (Lipinski definition) is 3. The maximum absolute atomic E-state index is 6.00. The number of nitrogen functional groups attached to an aromatic ring is 1. The first kappa shape index (κ1) is 12.6. The van der Waals surface area contributed by atoms with Crippen molar-refractivity contribution in [1.82, 2.24) is 9.97 Å². The number of benzene rings is 2. The predicted octanol–water partition coefficient (Wildman–Crippen LogP) is 3.75. The molecule has 0 bridgehead atoms. The molecule has 0 amide bonds. The smallest absolute Gasteiger partial charge is 0.131 e. The van der Waals surface area contributed by atoms with Gasteiger partial charge in [0.2, 0.25) is 0 Å². The van der Waals surface area contributed by atoms with Crippen LogP contribution in [-0.2, 0) is 6.42 Å². The zero-order chi connectivity index (χ0) is 14.1. The molecule has 0 unspecified atom stereocenters. The van der Waals surface area contributed by atoms with Gasteiger partial charge in [0, 0.05) is 17.5 Å². The average Bonchev–Trinajstić information content (AvgIpc) is 2.49. The van der Waals surface area contributed by atoms with Crippen LogP contribution in [0.3, 0.4) is 0 Å². The Morgan fingerprint density at radius 2 is 1.75 bits per heavy atom. The van der Waals surface area contributed by atoms with E-state index in [9.17, 15) is 0 Å². The minimum absolute atomic E-state index is 0.569. The fourth-order valence-corrected chi connectivity index (χ4v) is 2.36. The van der Waals surface area contributed by atoms with Crippen LogP contribution in [0.15, 0.2) is 42.5 Å². The van der Waals surface area contributed by atoms with Gasteiger partial charge < -0.3 is 5.73 Å². The van der Waals surface area contributed by atoms with Crippen LogP contribution in [0.1, 0.15) is 18.3 Å². The number of anilines is 1. The quantitative estimate of drug-likeness (QED) is 0.766. The molecule has 0 fully saturated rings. The highest BCUT2D eigenvalue weighted by molar-refractivity contribution is 5.87. The van der Waals surface area contributed by atoms with E-state index in [1.165, 1.54) is 10.8 Å². The van der Waals surface area contributed by atoms with Crippen LogP contribution in [0.5, 0.6) is 0 Å². The van der Waals surface area contributed by atoms with Crippen LogP contribution in [0, 0.1) is 6.92 Å². The standard InChI is InChI=1S/C17H17N3/c1-3-15-19-16(11(2)17(18)20-15)14-9-8-12-6-4-5-7-13(12)10-14/h4-10H,3H2,1-2H3,(H2,18,19,20). The molecule has 2 aromatic carbocycles. The third-order valence-electron chi connectivity index (χ3n) is 3.57. The summed E-state index contributed by atoms with van der Waals surface area (Å²) in [7, 11) is 0. The van der Waals surface area contributed by atoms with Crippen LogP contribution in [0.25, 0.3) is 22.0 Å². The fraction of sp³-hybridized carbons (Fsp3) is 0.176. The topological polar surface area (TPSA) is 51.8 Å². The highest BCUT2D eigenvalue weighted by atomic mass is 15.0. The zero-order valence-corrected chi connectivity index (χ0v) is 11.7. The summed E-state index contributed by atoms with van der Waals surface area (Å²) >= 11 is 0. The minimum atomic E-state index is 0.569. The average molecular weight is 263 g/mol. The van der Waals surface area contributed by atoms with Gasteiger partial charge in [-0.15, -0.1) is 0 Å². The molecule has 0 radical (unpaired) electrons. The maximum Gasteiger partial charge on any atom is 0.131 e. The van der Waals surface area contributed by atoms with Crippen molar-refractivity contribution in [3.8, 4) is 11.3 Å².